The Morgan fingerprint density at radius 1 is 0.875 bits per heavy atom. The number of esters is 2. The molecule has 7 heteroatoms. The highest BCUT2D eigenvalue weighted by molar-refractivity contribution is 5.66. The van der Waals surface area contributed by atoms with Gasteiger partial charge in [0.05, 0.1) is 0 Å². The number of hydrogen-bond donors (Lipinski definition) is 0. The van der Waals surface area contributed by atoms with Gasteiger partial charge in [-0.15, -0.1) is 13.2 Å². The van der Waals surface area contributed by atoms with Crippen LogP contribution in [0.5, 0.6) is 0 Å². The smallest absolute Gasteiger partial charge is 0.460 e. The first-order valence-corrected chi connectivity index (χ1v) is 4.29. The molecule has 0 bridgehead atoms. The highest BCUT2D eigenvalue weighted by Gasteiger charge is 2.32. The van der Waals surface area contributed by atoms with Crippen molar-refractivity contribution in [3.05, 3.63) is 0 Å². The lowest BCUT2D eigenvalue weighted by Gasteiger charge is -2.17. The minimum atomic E-state index is -4.83. The van der Waals surface area contributed by atoms with Crippen LogP contribution in [0.15, 0.2) is 0 Å². The molecule has 0 unspecified atom stereocenters. The van der Waals surface area contributed by atoms with E-state index >= 15 is 0 Å². The Labute approximate surface area is 91.7 Å². The van der Waals surface area contributed by atoms with Gasteiger partial charge < -0.3 is 9.47 Å². The van der Waals surface area contributed by atoms with E-state index in [1.54, 1.807) is 0 Å². The summed E-state index contributed by atoms with van der Waals surface area (Å²) in [6, 6.07) is 0. The first kappa shape index (κ1) is 17.1. The van der Waals surface area contributed by atoms with E-state index in [9.17, 15) is 22.8 Å². The molecule has 0 aromatic heterocycles. The topological polar surface area (TPSA) is 52.6 Å². The van der Waals surface area contributed by atoms with Crippen LogP contribution in [0.4, 0.5) is 13.2 Å². The molecule has 0 aromatic rings. The van der Waals surface area contributed by atoms with Crippen molar-refractivity contribution >= 4 is 11.9 Å². The fourth-order valence-corrected chi connectivity index (χ4v) is 0.594. The number of alkyl halides is 3. The highest BCUT2D eigenvalue weighted by Crippen LogP contribution is 2.15. The maximum absolute atomic E-state index is 10.9. The van der Waals surface area contributed by atoms with Crippen LogP contribution in [0.2, 0.25) is 0 Å². The Morgan fingerprint density at radius 3 is 1.19 bits per heavy atom. The van der Waals surface area contributed by atoms with Gasteiger partial charge in [-0.05, 0) is 20.8 Å². The number of carbonyl (C=O) groups excluding carboxylic acids is 2. The zero-order chi connectivity index (χ0) is 13.6. The third kappa shape index (κ3) is 23.0. The number of halogens is 3. The zero-order valence-corrected chi connectivity index (χ0v) is 9.77. The maximum Gasteiger partial charge on any atom is 0.575 e. The Kier molecular flexibility index (Phi) is 6.79. The van der Waals surface area contributed by atoms with Gasteiger partial charge in [0.1, 0.15) is 5.60 Å². The predicted molar refractivity (Wildman–Crippen MR) is 49.3 cm³/mol. The molecular formula is C9H15F3O4. The van der Waals surface area contributed by atoms with E-state index in [-0.39, 0.29) is 11.6 Å². The Balaban J connectivity index is 0. The van der Waals surface area contributed by atoms with E-state index in [4.69, 9.17) is 4.74 Å². The molecule has 0 spiro atoms. The molecule has 0 aromatic carbocycles. The van der Waals surface area contributed by atoms with E-state index in [0.717, 1.165) is 0 Å². The fraction of sp³-hybridized carbons (Fsp3) is 0.778. The zero-order valence-electron chi connectivity index (χ0n) is 9.77. The van der Waals surface area contributed by atoms with Crippen LogP contribution in [0, 0.1) is 0 Å². The van der Waals surface area contributed by atoms with Crippen LogP contribution in [-0.4, -0.2) is 23.9 Å². The standard InChI is InChI=1S/C6H12O2.C3H3F3O2/c1-5(7)8-6(2,3)4;1-2(7)8-3(4,5)6/h1-4H3;1H3. The molecule has 0 heterocycles. The van der Waals surface area contributed by atoms with Crippen LogP contribution in [0.1, 0.15) is 34.6 Å². The summed E-state index contributed by atoms with van der Waals surface area (Å²) in [7, 11) is 0. The van der Waals surface area contributed by atoms with Crippen LogP contribution >= 0.6 is 0 Å². The summed E-state index contributed by atoms with van der Waals surface area (Å²) in [5.74, 6) is -1.57. The molecule has 0 N–H and O–H groups in total. The number of hydrogen-bond acceptors (Lipinski definition) is 4. The predicted octanol–water partition coefficient (Wildman–Crippen LogP) is 2.42. The van der Waals surface area contributed by atoms with Crippen LogP contribution in [0.3, 0.4) is 0 Å². The molecule has 0 aliphatic heterocycles. The van der Waals surface area contributed by atoms with Crippen molar-refractivity contribution in [1.82, 2.24) is 0 Å². The molecule has 4 nitrogen and oxygen atoms in total. The van der Waals surface area contributed by atoms with Gasteiger partial charge in [-0.3, -0.25) is 9.59 Å². The third-order valence-corrected chi connectivity index (χ3v) is 0.709. The van der Waals surface area contributed by atoms with Gasteiger partial charge in [0.15, 0.2) is 0 Å². The van der Waals surface area contributed by atoms with E-state index in [2.05, 4.69) is 4.74 Å². The number of ether oxygens (including phenoxy) is 2. The molecule has 0 fully saturated rings. The van der Waals surface area contributed by atoms with Crippen molar-refractivity contribution < 1.29 is 32.2 Å². The Hall–Kier alpha value is -1.27. The average molecular weight is 244 g/mol. The molecule has 0 aliphatic rings. The second kappa shape index (κ2) is 6.34. The largest absolute Gasteiger partial charge is 0.575 e. The summed E-state index contributed by atoms with van der Waals surface area (Å²) >= 11 is 0. The first-order chi connectivity index (χ1) is 6.83. The molecule has 0 aliphatic carbocycles. The molecule has 0 amide bonds. The summed E-state index contributed by atoms with van der Waals surface area (Å²) in [4.78, 5) is 19.8. The van der Waals surface area contributed by atoms with E-state index in [0.29, 0.717) is 6.92 Å². The van der Waals surface area contributed by atoms with Crippen molar-refractivity contribution in [2.45, 2.75) is 46.6 Å². The van der Waals surface area contributed by atoms with Gasteiger partial charge in [0.2, 0.25) is 0 Å². The Bertz CT molecular complexity index is 214. The van der Waals surface area contributed by atoms with E-state index < -0.39 is 12.3 Å². The summed E-state index contributed by atoms with van der Waals surface area (Å²) in [6.45, 7) is 7.62. The monoisotopic (exact) mass is 244 g/mol. The number of rotatable bonds is 0. The quantitative estimate of drug-likeness (QED) is 0.614. The normalized spacial score (nSPS) is 11.0. The number of carbonyl (C=O) groups is 2. The van der Waals surface area contributed by atoms with Crippen LogP contribution in [0.25, 0.3) is 0 Å². The summed E-state index contributed by atoms with van der Waals surface area (Å²) in [5.41, 5.74) is -0.328. The molecular weight excluding hydrogens is 229 g/mol. The average Bonchev–Trinajstić information content (AvgIpc) is 1.72. The Morgan fingerprint density at radius 2 is 1.19 bits per heavy atom. The lowest BCUT2D eigenvalue weighted by molar-refractivity contribution is -0.304. The van der Waals surface area contributed by atoms with Gasteiger partial charge in [-0.25, -0.2) is 0 Å². The first-order valence-electron chi connectivity index (χ1n) is 4.29. The van der Waals surface area contributed by atoms with Crippen molar-refractivity contribution in [3.63, 3.8) is 0 Å². The molecule has 0 saturated carbocycles. The third-order valence-electron chi connectivity index (χ3n) is 0.709. The van der Waals surface area contributed by atoms with Gasteiger partial charge in [-0.1, -0.05) is 0 Å². The highest BCUT2D eigenvalue weighted by atomic mass is 19.4. The van der Waals surface area contributed by atoms with Crippen LogP contribution in [-0.2, 0) is 19.1 Å². The van der Waals surface area contributed by atoms with E-state index in [1.165, 1.54) is 6.92 Å². The lowest BCUT2D eigenvalue weighted by atomic mass is 10.2. The summed E-state index contributed by atoms with van der Waals surface area (Å²) in [6.07, 6.45) is -4.83. The fourth-order valence-electron chi connectivity index (χ4n) is 0.594. The van der Waals surface area contributed by atoms with Crippen molar-refractivity contribution in [2.24, 2.45) is 0 Å². The van der Waals surface area contributed by atoms with Gasteiger partial charge in [0, 0.05) is 13.8 Å². The van der Waals surface area contributed by atoms with E-state index in [1.807, 2.05) is 20.8 Å². The minimum absolute atomic E-state index is 0.225. The SMILES string of the molecule is CC(=O)OC(C)(C)C.CC(=O)OC(F)(F)F. The molecule has 96 valence electrons. The van der Waals surface area contributed by atoms with Gasteiger partial charge >= 0.3 is 18.3 Å². The van der Waals surface area contributed by atoms with Crippen LogP contribution < -0.4 is 0 Å². The molecule has 0 radical (unpaired) electrons. The second-order valence-corrected chi connectivity index (χ2v) is 3.75. The van der Waals surface area contributed by atoms with Crippen molar-refractivity contribution in [3.8, 4) is 0 Å². The minimum Gasteiger partial charge on any atom is -0.460 e. The molecule has 0 saturated heterocycles. The second-order valence-electron chi connectivity index (χ2n) is 3.75. The summed E-state index contributed by atoms with van der Waals surface area (Å²) in [5, 5.41) is 0. The van der Waals surface area contributed by atoms with Crippen molar-refractivity contribution in [2.75, 3.05) is 0 Å². The lowest BCUT2D eigenvalue weighted by Crippen LogP contribution is -2.21. The summed E-state index contributed by atoms with van der Waals surface area (Å²) < 4.78 is 40.2. The van der Waals surface area contributed by atoms with Gasteiger partial charge in [0.25, 0.3) is 0 Å². The maximum atomic E-state index is 10.9. The van der Waals surface area contributed by atoms with Gasteiger partial charge in [-0.2, -0.15) is 0 Å². The van der Waals surface area contributed by atoms with Crippen molar-refractivity contribution in [1.29, 1.82) is 0 Å². The molecule has 0 atom stereocenters. The molecule has 0 rings (SSSR count). The molecule has 16 heavy (non-hydrogen) atoms.